The Kier molecular flexibility index (Phi) is 3.78. The number of carbonyl (C=O) groups excluding carboxylic acids is 1. The van der Waals surface area contributed by atoms with Gasteiger partial charge >= 0.3 is 0 Å². The Balaban J connectivity index is 1.67. The standard InChI is InChI=1S/C15H19NO4/c17-9-11-4-3-7-16(8-11)15(18)14-10-19-12-5-1-2-6-13(12)20-14/h1-2,5-6,11,14,17H,3-4,7-10H2/t11-,14+/m1/s1. The molecule has 5 nitrogen and oxygen atoms in total. The minimum absolute atomic E-state index is 0.0438. The van der Waals surface area contributed by atoms with Crippen molar-refractivity contribution in [3.05, 3.63) is 24.3 Å². The number of likely N-dealkylation sites (tertiary alicyclic amines) is 1. The fourth-order valence-electron chi connectivity index (χ4n) is 2.76. The van der Waals surface area contributed by atoms with Gasteiger partial charge in [-0.05, 0) is 30.9 Å². The highest BCUT2D eigenvalue weighted by atomic mass is 16.6. The quantitative estimate of drug-likeness (QED) is 0.878. The maximum atomic E-state index is 12.5. The molecule has 1 amide bonds. The number of benzene rings is 1. The van der Waals surface area contributed by atoms with E-state index in [0.717, 1.165) is 19.4 Å². The zero-order valence-corrected chi connectivity index (χ0v) is 11.3. The number of aliphatic hydroxyl groups excluding tert-OH is 1. The van der Waals surface area contributed by atoms with Crippen LogP contribution in [0, 0.1) is 5.92 Å². The van der Waals surface area contributed by atoms with Crippen LogP contribution < -0.4 is 9.47 Å². The van der Waals surface area contributed by atoms with Gasteiger partial charge in [-0.3, -0.25) is 4.79 Å². The second-order valence-corrected chi connectivity index (χ2v) is 5.34. The van der Waals surface area contributed by atoms with Crippen molar-refractivity contribution in [2.24, 2.45) is 5.92 Å². The molecule has 3 rings (SSSR count). The van der Waals surface area contributed by atoms with Gasteiger partial charge in [0.15, 0.2) is 11.5 Å². The van der Waals surface area contributed by atoms with Crippen molar-refractivity contribution in [3.63, 3.8) is 0 Å². The highest BCUT2D eigenvalue weighted by Gasteiger charge is 2.33. The summed E-state index contributed by atoms with van der Waals surface area (Å²) in [4.78, 5) is 14.2. The van der Waals surface area contributed by atoms with Gasteiger partial charge in [-0.2, -0.15) is 0 Å². The van der Waals surface area contributed by atoms with E-state index >= 15 is 0 Å². The minimum Gasteiger partial charge on any atom is -0.485 e. The van der Waals surface area contributed by atoms with E-state index in [4.69, 9.17) is 9.47 Å². The molecule has 2 atom stereocenters. The molecule has 1 N–H and O–H groups in total. The fraction of sp³-hybridized carbons (Fsp3) is 0.533. The first-order chi connectivity index (χ1) is 9.78. The summed E-state index contributed by atoms with van der Waals surface area (Å²) in [7, 11) is 0. The van der Waals surface area contributed by atoms with Crippen molar-refractivity contribution in [2.75, 3.05) is 26.3 Å². The Hall–Kier alpha value is -1.75. The molecule has 0 bridgehead atoms. The molecule has 20 heavy (non-hydrogen) atoms. The number of para-hydroxylation sites is 2. The van der Waals surface area contributed by atoms with Crippen LogP contribution in [0.4, 0.5) is 0 Å². The zero-order valence-electron chi connectivity index (χ0n) is 11.3. The topological polar surface area (TPSA) is 59.0 Å². The van der Waals surface area contributed by atoms with Crippen molar-refractivity contribution in [1.82, 2.24) is 4.90 Å². The number of piperidine rings is 1. The van der Waals surface area contributed by atoms with Crippen molar-refractivity contribution in [3.8, 4) is 11.5 Å². The van der Waals surface area contributed by atoms with Crippen LogP contribution in [0.25, 0.3) is 0 Å². The average molecular weight is 277 g/mol. The van der Waals surface area contributed by atoms with Crippen LogP contribution in [0.1, 0.15) is 12.8 Å². The largest absolute Gasteiger partial charge is 0.485 e. The van der Waals surface area contributed by atoms with Gasteiger partial charge in [0.1, 0.15) is 6.61 Å². The second kappa shape index (κ2) is 5.71. The van der Waals surface area contributed by atoms with E-state index in [-0.39, 0.29) is 25.0 Å². The average Bonchev–Trinajstić information content (AvgIpc) is 2.53. The van der Waals surface area contributed by atoms with Crippen LogP contribution in [0.3, 0.4) is 0 Å². The number of aliphatic hydroxyl groups is 1. The molecule has 1 aromatic rings. The molecule has 1 aromatic carbocycles. The van der Waals surface area contributed by atoms with E-state index in [1.54, 1.807) is 4.90 Å². The number of hydrogen-bond acceptors (Lipinski definition) is 4. The van der Waals surface area contributed by atoms with E-state index in [9.17, 15) is 9.90 Å². The number of fused-ring (bicyclic) bond motifs is 1. The lowest BCUT2D eigenvalue weighted by atomic mass is 9.98. The maximum Gasteiger partial charge on any atom is 0.267 e. The molecule has 0 spiro atoms. The molecule has 0 unspecified atom stereocenters. The third kappa shape index (κ3) is 2.58. The summed E-state index contributed by atoms with van der Waals surface area (Å²) >= 11 is 0. The Labute approximate surface area is 118 Å². The van der Waals surface area contributed by atoms with E-state index in [1.165, 1.54) is 0 Å². The van der Waals surface area contributed by atoms with E-state index in [2.05, 4.69) is 0 Å². The predicted molar refractivity (Wildman–Crippen MR) is 72.7 cm³/mol. The molecule has 108 valence electrons. The summed E-state index contributed by atoms with van der Waals surface area (Å²) in [5.41, 5.74) is 0. The highest BCUT2D eigenvalue weighted by Crippen LogP contribution is 2.31. The van der Waals surface area contributed by atoms with Gasteiger partial charge in [-0.15, -0.1) is 0 Å². The number of rotatable bonds is 2. The van der Waals surface area contributed by atoms with Crippen LogP contribution in [-0.2, 0) is 4.79 Å². The second-order valence-electron chi connectivity index (χ2n) is 5.34. The molecule has 2 heterocycles. The van der Waals surface area contributed by atoms with Gasteiger partial charge in [0, 0.05) is 19.7 Å². The monoisotopic (exact) mass is 277 g/mol. The lowest BCUT2D eigenvalue weighted by Gasteiger charge is -2.35. The summed E-state index contributed by atoms with van der Waals surface area (Å²) in [6, 6.07) is 7.37. The van der Waals surface area contributed by atoms with Gasteiger partial charge in [-0.1, -0.05) is 12.1 Å². The molecule has 1 fully saturated rings. The van der Waals surface area contributed by atoms with Crippen molar-refractivity contribution in [1.29, 1.82) is 0 Å². The molecule has 0 aromatic heterocycles. The number of ether oxygens (including phenoxy) is 2. The van der Waals surface area contributed by atoms with Crippen LogP contribution in [0.5, 0.6) is 11.5 Å². The Morgan fingerprint density at radius 2 is 2.15 bits per heavy atom. The summed E-state index contributed by atoms with van der Waals surface area (Å²) in [6.45, 7) is 1.72. The molecule has 0 aliphatic carbocycles. The predicted octanol–water partition coefficient (Wildman–Crippen LogP) is 1.06. The number of amides is 1. The van der Waals surface area contributed by atoms with Gasteiger partial charge in [0.2, 0.25) is 6.10 Å². The van der Waals surface area contributed by atoms with E-state index < -0.39 is 6.10 Å². The molecule has 0 saturated carbocycles. The van der Waals surface area contributed by atoms with Crippen LogP contribution in [0.2, 0.25) is 0 Å². The number of carbonyl (C=O) groups is 1. The lowest BCUT2D eigenvalue weighted by Crippen LogP contribution is -2.50. The SMILES string of the molecule is O=C([C@@H]1COc2ccccc2O1)N1CCC[C@@H](CO)C1. The first-order valence-electron chi connectivity index (χ1n) is 7.06. The molecule has 0 radical (unpaired) electrons. The first-order valence-corrected chi connectivity index (χ1v) is 7.06. The van der Waals surface area contributed by atoms with Crippen LogP contribution in [0.15, 0.2) is 24.3 Å². The van der Waals surface area contributed by atoms with Gasteiger partial charge in [-0.25, -0.2) is 0 Å². The van der Waals surface area contributed by atoms with E-state index in [0.29, 0.717) is 18.0 Å². The first kappa shape index (κ1) is 13.2. The Bertz CT molecular complexity index is 491. The molecule has 5 heteroatoms. The normalized spacial score (nSPS) is 25.4. The number of nitrogens with zero attached hydrogens (tertiary/aromatic N) is 1. The summed E-state index contributed by atoms with van der Waals surface area (Å²) in [6.07, 6.45) is 1.33. The van der Waals surface area contributed by atoms with E-state index in [1.807, 2.05) is 24.3 Å². The zero-order chi connectivity index (χ0) is 13.9. The molecule has 2 aliphatic rings. The molecular formula is C15H19NO4. The van der Waals surface area contributed by atoms with Gasteiger partial charge < -0.3 is 19.5 Å². The van der Waals surface area contributed by atoms with Crippen molar-refractivity contribution >= 4 is 5.91 Å². The number of hydrogen-bond donors (Lipinski definition) is 1. The van der Waals surface area contributed by atoms with Crippen molar-refractivity contribution in [2.45, 2.75) is 18.9 Å². The third-order valence-electron chi connectivity index (χ3n) is 3.87. The van der Waals surface area contributed by atoms with Crippen LogP contribution in [-0.4, -0.2) is 48.3 Å². The lowest BCUT2D eigenvalue weighted by molar-refractivity contribution is -0.143. The molecule has 1 saturated heterocycles. The minimum atomic E-state index is -0.581. The molecular weight excluding hydrogens is 258 g/mol. The molecule has 2 aliphatic heterocycles. The Morgan fingerprint density at radius 1 is 1.35 bits per heavy atom. The van der Waals surface area contributed by atoms with Gasteiger partial charge in [0.05, 0.1) is 0 Å². The maximum absolute atomic E-state index is 12.5. The summed E-state index contributed by atoms with van der Waals surface area (Å²) < 4.78 is 11.3. The summed E-state index contributed by atoms with van der Waals surface area (Å²) in [5, 5.41) is 9.24. The summed E-state index contributed by atoms with van der Waals surface area (Å²) in [5.74, 6) is 1.44. The fourth-order valence-corrected chi connectivity index (χ4v) is 2.76. The Morgan fingerprint density at radius 3 is 2.95 bits per heavy atom. The smallest absolute Gasteiger partial charge is 0.267 e. The third-order valence-corrected chi connectivity index (χ3v) is 3.87. The van der Waals surface area contributed by atoms with Crippen molar-refractivity contribution < 1.29 is 19.4 Å². The van der Waals surface area contributed by atoms with Crippen LogP contribution >= 0.6 is 0 Å². The highest BCUT2D eigenvalue weighted by molar-refractivity contribution is 5.82. The van der Waals surface area contributed by atoms with Gasteiger partial charge in [0.25, 0.3) is 5.91 Å².